The number of ketones is 1. The summed E-state index contributed by atoms with van der Waals surface area (Å²) >= 11 is 1.35. The van der Waals surface area contributed by atoms with Gasteiger partial charge in [-0.05, 0) is 29.4 Å². The molecule has 2 aromatic rings. The van der Waals surface area contributed by atoms with Crippen molar-refractivity contribution in [2.75, 3.05) is 17.3 Å². The summed E-state index contributed by atoms with van der Waals surface area (Å²) < 4.78 is 25.3. The van der Waals surface area contributed by atoms with Crippen molar-refractivity contribution in [3.8, 4) is 0 Å². The summed E-state index contributed by atoms with van der Waals surface area (Å²) in [7, 11) is -1.14. The van der Waals surface area contributed by atoms with E-state index in [0.717, 1.165) is 11.1 Å². The molecule has 2 heterocycles. The highest BCUT2D eigenvalue weighted by atomic mass is 32.2. The second kappa shape index (κ2) is 8.60. The molecule has 1 atom stereocenters. The van der Waals surface area contributed by atoms with Crippen molar-refractivity contribution >= 4 is 27.4 Å². The standard InChI is InChI=1S/C21H29N3O3S2/c1-13(2)15-6-7-17(18(10-15)14(3)4)19(25)11-28-21-23-22-20(24(21)5)16-8-9-29(26,27)12-16/h6-7,10,13-14,16H,8-9,11-12H2,1-5H3. The minimum atomic E-state index is -2.98. The zero-order valence-electron chi connectivity index (χ0n) is 17.7. The predicted molar refractivity (Wildman–Crippen MR) is 117 cm³/mol. The number of nitrogens with zero attached hydrogens (tertiary/aromatic N) is 3. The summed E-state index contributed by atoms with van der Waals surface area (Å²) in [6.45, 7) is 8.51. The average molecular weight is 436 g/mol. The number of rotatable bonds is 7. The number of carbonyl (C=O) groups is 1. The van der Waals surface area contributed by atoms with Crippen LogP contribution in [0.3, 0.4) is 0 Å². The number of hydrogen-bond donors (Lipinski definition) is 0. The molecule has 1 aromatic heterocycles. The maximum Gasteiger partial charge on any atom is 0.191 e. The summed E-state index contributed by atoms with van der Waals surface area (Å²) in [4.78, 5) is 12.9. The molecule has 6 nitrogen and oxygen atoms in total. The monoisotopic (exact) mass is 435 g/mol. The lowest BCUT2D eigenvalue weighted by molar-refractivity contribution is 0.102. The topological polar surface area (TPSA) is 81.9 Å². The largest absolute Gasteiger partial charge is 0.309 e. The lowest BCUT2D eigenvalue weighted by Gasteiger charge is -2.15. The van der Waals surface area contributed by atoms with E-state index in [2.05, 4.69) is 44.0 Å². The Labute approximate surface area is 177 Å². The molecule has 3 rings (SSSR count). The number of hydrogen-bond acceptors (Lipinski definition) is 6. The number of aromatic nitrogens is 3. The van der Waals surface area contributed by atoms with Crippen molar-refractivity contribution in [3.05, 3.63) is 40.7 Å². The van der Waals surface area contributed by atoms with Gasteiger partial charge in [-0.25, -0.2) is 8.42 Å². The number of benzene rings is 1. The van der Waals surface area contributed by atoms with Crippen molar-refractivity contribution in [1.82, 2.24) is 14.8 Å². The maximum atomic E-state index is 12.9. The van der Waals surface area contributed by atoms with Crippen molar-refractivity contribution in [2.45, 2.75) is 57.0 Å². The van der Waals surface area contributed by atoms with Crippen LogP contribution in [0.2, 0.25) is 0 Å². The Hall–Kier alpha value is -1.67. The summed E-state index contributed by atoms with van der Waals surface area (Å²) in [5, 5.41) is 9.05. The molecule has 29 heavy (non-hydrogen) atoms. The number of Topliss-reactive ketones (excluding diaryl/α,β-unsaturated/α-hetero) is 1. The van der Waals surface area contributed by atoms with E-state index >= 15 is 0 Å². The summed E-state index contributed by atoms with van der Waals surface area (Å²) in [6, 6.07) is 6.13. The van der Waals surface area contributed by atoms with Crippen LogP contribution in [0.15, 0.2) is 23.4 Å². The fraction of sp³-hybridized carbons (Fsp3) is 0.571. The molecule has 1 aromatic carbocycles. The van der Waals surface area contributed by atoms with Crippen LogP contribution < -0.4 is 0 Å². The Morgan fingerprint density at radius 3 is 2.52 bits per heavy atom. The Bertz CT molecular complexity index is 1010. The molecule has 158 valence electrons. The van der Waals surface area contributed by atoms with Gasteiger partial charge in [0, 0.05) is 18.5 Å². The smallest absolute Gasteiger partial charge is 0.191 e. The van der Waals surface area contributed by atoms with E-state index < -0.39 is 9.84 Å². The van der Waals surface area contributed by atoms with E-state index in [1.54, 1.807) is 0 Å². The lowest BCUT2D eigenvalue weighted by Crippen LogP contribution is -2.11. The van der Waals surface area contributed by atoms with Gasteiger partial charge in [-0.2, -0.15) is 0 Å². The number of carbonyl (C=O) groups excluding carboxylic acids is 1. The van der Waals surface area contributed by atoms with Gasteiger partial charge in [0.25, 0.3) is 0 Å². The van der Waals surface area contributed by atoms with Gasteiger partial charge >= 0.3 is 0 Å². The summed E-state index contributed by atoms with van der Waals surface area (Å²) in [6.07, 6.45) is 0.581. The Balaban J connectivity index is 1.73. The van der Waals surface area contributed by atoms with Gasteiger partial charge in [0.05, 0.1) is 17.3 Å². The van der Waals surface area contributed by atoms with Crippen LogP contribution in [0.25, 0.3) is 0 Å². The van der Waals surface area contributed by atoms with Crippen LogP contribution in [0.1, 0.15) is 79.2 Å². The van der Waals surface area contributed by atoms with Gasteiger partial charge in [0.1, 0.15) is 5.82 Å². The normalized spacial score (nSPS) is 18.7. The Kier molecular flexibility index (Phi) is 6.53. The van der Waals surface area contributed by atoms with Crippen LogP contribution >= 0.6 is 11.8 Å². The second-order valence-electron chi connectivity index (χ2n) is 8.37. The van der Waals surface area contributed by atoms with Crippen LogP contribution in [0.5, 0.6) is 0 Å². The van der Waals surface area contributed by atoms with Crippen LogP contribution in [-0.2, 0) is 16.9 Å². The molecular weight excluding hydrogens is 406 g/mol. The van der Waals surface area contributed by atoms with Gasteiger partial charge in [0.2, 0.25) is 0 Å². The molecule has 0 spiro atoms. The third-order valence-corrected chi connectivity index (χ3v) is 8.25. The molecule has 1 fully saturated rings. The first-order valence-corrected chi connectivity index (χ1v) is 12.8. The molecule has 1 unspecified atom stereocenters. The lowest BCUT2D eigenvalue weighted by atomic mass is 9.90. The predicted octanol–water partition coefficient (Wildman–Crippen LogP) is 3.94. The fourth-order valence-electron chi connectivity index (χ4n) is 3.69. The first-order valence-electron chi connectivity index (χ1n) is 9.98. The molecule has 1 aliphatic heterocycles. The first-order chi connectivity index (χ1) is 13.6. The van der Waals surface area contributed by atoms with Gasteiger partial charge in [-0.1, -0.05) is 57.7 Å². The molecule has 0 saturated carbocycles. The minimum absolute atomic E-state index is 0.0713. The molecular formula is C21H29N3O3S2. The molecule has 0 amide bonds. The summed E-state index contributed by atoms with van der Waals surface area (Å²) in [5.74, 6) is 1.94. The van der Waals surface area contributed by atoms with Crippen LogP contribution in [-0.4, -0.2) is 46.2 Å². The summed E-state index contributed by atoms with van der Waals surface area (Å²) in [5.41, 5.74) is 3.08. The quantitative estimate of drug-likeness (QED) is 0.484. The fourth-order valence-corrected chi connectivity index (χ4v) is 6.23. The number of sulfone groups is 1. The molecule has 1 aliphatic rings. The van der Waals surface area contributed by atoms with E-state index in [-0.39, 0.29) is 34.9 Å². The van der Waals surface area contributed by atoms with Crippen molar-refractivity contribution in [1.29, 1.82) is 0 Å². The van der Waals surface area contributed by atoms with E-state index in [1.807, 2.05) is 23.7 Å². The highest BCUT2D eigenvalue weighted by Gasteiger charge is 2.32. The number of thioether (sulfide) groups is 1. The Morgan fingerprint density at radius 1 is 1.21 bits per heavy atom. The zero-order valence-corrected chi connectivity index (χ0v) is 19.3. The van der Waals surface area contributed by atoms with Gasteiger partial charge in [-0.3, -0.25) is 4.79 Å². The van der Waals surface area contributed by atoms with E-state index in [9.17, 15) is 13.2 Å². The highest BCUT2D eigenvalue weighted by molar-refractivity contribution is 7.99. The first kappa shape index (κ1) is 22.0. The van der Waals surface area contributed by atoms with Gasteiger partial charge in [0.15, 0.2) is 20.8 Å². The van der Waals surface area contributed by atoms with Gasteiger partial charge in [-0.15, -0.1) is 10.2 Å². The minimum Gasteiger partial charge on any atom is -0.309 e. The average Bonchev–Trinajstić information content (AvgIpc) is 3.20. The van der Waals surface area contributed by atoms with E-state index in [1.165, 1.54) is 17.3 Å². The van der Waals surface area contributed by atoms with Crippen LogP contribution in [0.4, 0.5) is 0 Å². The van der Waals surface area contributed by atoms with Crippen molar-refractivity contribution < 1.29 is 13.2 Å². The Morgan fingerprint density at radius 2 is 1.93 bits per heavy atom. The van der Waals surface area contributed by atoms with Gasteiger partial charge < -0.3 is 4.57 Å². The second-order valence-corrected chi connectivity index (χ2v) is 11.5. The third kappa shape index (κ3) is 4.91. The van der Waals surface area contributed by atoms with Crippen molar-refractivity contribution in [3.63, 3.8) is 0 Å². The van der Waals surface area contributed by atoms with E-state index in [4.69, 9.17) is 0 Å². The molecule has 1 saturated heterocycles. The molecule has 8 heteroatoms. The molecule has 0 N–H and O–H groups in total. The highest BCUT2D eigenvalue weighted by Crippen LogP contribution is 2.30. The molecule has 0 bridgehead atoms. The van der Waals surface area contributed by atoms with E-state index in [0.29, 0.717) is 23.3 Å². The SMILES string of the molecule is CC(C)c1ccc(C(=O)CSc2nnc(C3CCS(=O)(=O)C3)n2C)c(C(C)C)c1. The van der Waals surface area contributed by atoms with Crippen LogP contribution in [0, 0.1) is 0 Å². The zero-order chi connectivity index (χ0) is 21.3. The maximum absolute atomic E-state index is 12.9. The third-order valence-electron chi connectivity index (χ3n) is 5.46. The van der Waals surface area contributed by atoms with Crippen molar-refractivity contribution in [2.24, 2.45) is 7.05 Å². The molecule has 0 aliphatic carbocycles. The molecule has 0 radical (unpaired) electrons.